The van der Waals surface area contributed by atoms with Crippen LogP contribution >= 0.6 is 0 Å². The molecule has 2 rings (SSSR count). The summed E-state index contributed by atoms with van der Waals surface area (Å²) in [5.74, 6) is 0.816. The van der Waals surface area contributed by atoms with E-state index in [9.17, 15) is 0 Å². The second-order valence-electron chi connectivity index (χ2n) is 7.78. The third-order valence-corrected chi connectivity index (χ3v) is 5.45. The molecular formula is C17H34N2O. The molecule has 0 bridgehead atoms. The van der Waals surface area contributed by atoms with Crippen molar-refractivity contribution >= 4 is 0 Å². The Morgan fingerprint density at radius 1 is 1.25 bits per heavy atom. The van der Waals surface area contributed by atoms with Gasteiger partial charge in [-0.3, -0.25) is 4.90 Å². The van der Waals surface area contributed by atoms with E-state index in [1.807, 2.05) is 0 Å². The van der Waals surface area contributed by atoms with Crippen LogP contribution in [-0.4, -0.2) is 49.3 Å². The van der Waals surface area contributed by atoms with E-state index >= 15 is 0 Å². The van der Waals surface area contributed by atoms with E-state index in [0.29, 0.717) is 23.5 Å². The number of nitrogens with one attached hydrogen (secondary N) is 1. The van der Waals surface area contributed by atoms with Crippen molar-refractivity contribution in [3.63, 3.8) is 0 Å². The molecule has 3 nitrogen and oxygen atoms in total. The lowest BCUT2D eigenvalue weighted by Crippen LogP contribution is -2.63. The van der Waals surface area contributed by atoms with E-state index < -0.39 is 0 Å². The molecule has 2 fully saturated rings. The summed E-state index contributed by atoms with van der Waals surface area (Å²) in [5, 5.41) is 3.78. The average Bonchev–Trinajstić information content (AvgIpc) is 2.45. The van der Waals surface area contributed by atoms with Crippen LogP contribution in [0.5, 0.6) is 0 Å². The molecule has 0 amide bonds. The van der Waals surface area contributed by atoms with Crippen LogP contribution in [0.1, 0.15) is 53.9 Å². The lowest BCUT2D eigenvalue weighted by atomic mass is 9.82. The molecule has 2 aliphatic heterocycles. The smallest absolute Gasteiger partial charge is 0.0469 e. The molecule has 3 unspecified atom stereocenters. The molecule has 0 radical (unpaired) electrons. The van der Waals surface area contributed by atoms with Crippen molar-refractivity contribution < 1.29 is 4.74 Å². The average molecular weight is 282 g/mol. The van der Waals surface area contributed by atoms with Crippen molar-refractivity contribution in [3.8, 4) is 0 Å². The summed E-state index contributed by atoms with van der Waals surface area (Å²) >= 11 is 0. The molecule has 0 spiro atoms. The highest BCUT2D eigenvalue weighted by atomic mass is 16.5. The van der Waals surface area contributed by atoms with Crippen LogP contribution in [0.25, 0.3) is 0 Å². The second kappa shape index (κ2) is 6.76. The highest BCUT2D eigenvalue weighted by Crippen LogP contribution is 2.30. The van der Waals surface area contributed by atoms with E-state index in [-0.39, 0.29) is 0 Å². The van der Waals surface area contributed by atoms with E-state index in [0.717, 1.165) is 25.7 Å². The van der Waals surface area contributed by atoms with Gasteiger partial charge < -0.3 is 10.1 Å². The topological polar surface area (TPSA) is 24.5 Å². The normalized spacial score (nSPS) is 32.2. The Bertz CT molecular complexity index is 294. The highest BCUT2D eigenvalue weighted by Gasteiger charge is 2.37. The standard InChI is InChI=1S/C17H34N2O/c1-6-15-11-18-16(17(3,4)5)12-19(15)13(2)14-7-9-20-10-8-14/h13-16,18H,6-12H2,1-5H3. The van der Waals surface area contributed by atoms with Gasteiger partial charge in [0.1, 0.15) is 0 Å². The summed E-state index contributed by atoms with van der Waals surface area (Å²) in [7, 11) is 0. The largest absolute Gasteiger partial charge is 0.381 e. The van der Waals surface area contributed by atoms with Crippen molar-refractivity contribution in [2.24, 2.45) is 11.3 Å². The first-order valence-corrected chi connectivity index (χ1v) is 8.50. The van der Waals surface area contributed by atoms with Gasteiger partial charge in [0.2, 0.25) is 0 Å². The molecule has 0 aromatic carbocycles. The van der Waals surface area contributed by atoms with Gasteiger partial charge in [-0.2, -0.15) is 0 Å². The molecule has 1 N–H and O–H groups in total. The zero-order chi connectivity index (χ0) is 14.8. The van der Waals surface area contributed by atoms with Gasteiger partial charge in [-0.1, -0.05) is 27.7 Å². The lowest BCUT2D eigenvalue weighted by molar-refractivity contribution is -0.00732. The van der Waals surface area contributed by atoms with Crippen molar-refractivity contribution in [1.29, 1.82) is 0 Å². The van der Waals surface area contributed by atoms with E-state index in [4.69, 9.17) is 4.74 Å². The first-order chi connectivity index (χ1) is 9.43. The summed E-state index contributed by atoms with van der Waals surface area (Å²) in [4.78, 5) is 2.79. The number of ether oxygens (including phenoxy) is 1. The maximum absolute atomic E-state index is 5.53. The van der Waals surface area contributed by atoms with Crippen LogP contribution in [0.2, 0.25) is 0 Å². The van der Waals surface area contributed by atoms with Gasteiger partial charge in [0.05, 0.1) is 0 Å². The second-order valence-corrected chi connectivity index (χ2v) is 7.78. The van der Waals surface area contributed by atoms with Gasteiger partial charge in [0.25, 0.3) is 0 Å². The summed E-state index contributed by atoms with van der Waals surface area (Å²) in [6, 6.07) is 2.00. The van der Waals surface area contributed by atoms with Crippen molar-refractivity contribution in [3.05, 3.63) is 0 Å². The van der Waals surface area contributed by atoms with E-state index in [1.165, 1.54) is 25.8 Å². The minimum Gasteiger partial charge on any atom is -0.381 e. The molecule has 2 aliphatic rings. The van der Waals surface area contributed by atoms with Gasteiger partial charge in [-0.05, 0) is 37.5 Å². The van der Waals surface area contributed by atoms with E-state index in [2.05, 4.69) is 44.8 Å². The van der Waals surface area contributed by atoms with Gasteiger partial charge >= 0.3 is 0 Å². The molecule has 118 valence electrons. The van der Waals surface area contributed by atoms with Gasteiger partial charge in [-0.15, -0.1) is 0 Å². The zero-order valence-corrected chi connectivity index (χ0v) is 14.1. The molecule has 0 aromatic rings. The number of rotatable bonds is 3. The molecule has 2 saturated heterocycles. The first kappa shape index (κ1) is 16.3. The molecule has 0 saturated carbocycles. The monoisotopic (exact) mass is 282 g/mol. The number of hydrogen-bond donors (Lipinski definition) is 1. The fourth-order valence-electron chi connectivity index (χ4n) is 3.75. The molecule has 2 heterocycles. The van der Waals surface area contributed by atoms with Crippen LogP contribution in [0.3, 0.4) is 0 Å². The number of hydrogen-bond acceptors (Lipinski definition) is 3. The Kier molecular flexibility index (Phi) is 5.49. The first-order valence-electron chi connectivity index (χ1n) is 8.50. The zero-order valence-electron chi connectivity index (χ0n) is 14.1. The van der Waals surface area contributed by atoms with Crippen molar-refractivity contribution in [2.45, 2.75) is 72.0 Å². The summed E-state index contributed by atoms with van der Waals surface area (Å²) in [6.07, 6.45) is 3.72. The van der Waals surface area contributed by atoms with E-state index in [1.54, 1.807) is 0 Å². The summed E-state index contributed by atoms with van der Waals surface area (Å²) in [5.41, 5.74) is 0.340. The van der Waals surface area contributed by atoms with Crippen LogP contribution in [0, 0.1) is 11.3 Å². The fraction of sp³-hybridized carbons (Fsp3) is 1.00. The Morgan fingerprint density at radius 3 is 2.45 bits per heavy atom. The molecule has 3 heteroatoms. The maximum atomic E-state index is 5.53. The SMILES string of the molecule is CCC1CNC(C(C)(C)C)CN1C(C)C1CCOCC1. The third kappa shape index (κ3) is 3.75. The van der Waals surface area contributed by atoms with Crippen LogP contribution in [-0.2, 0) is 4.74 Å². The maximum Gasteiger partial charge on any atom is 0.0469 e. The molecule has 3 atom stereocenters. The molecule has 0 aromatic heterocycles. The minimum absolute atomic E-state index is 0.340. The Balaban J connectivity index is 2.04. The van der Waals surface area contributed by atoms with Crippen LogP contribution < -0.4 is 5.32 Å². The van der Waals surface area contributed by atoms with Crippen LogP contribution in [0.4, 0.5) is 0 Å². The van der Waals surface area contributed by atoms with Gasteiger partial charge in [0.15, 0.2) is 0 Å². The third-order valence-electron chi connectivity index (χ3n) is 5.45. The number of piperazine rings is 1. The highest BCUT2D eigenvalue weighted by molar-refractivity contribution is 4.94. The fourth-order valence-corrected chi connectivity index (χ4v) is 3.75. The minimum atomic E-state index is 0.340. The summed E-state index contributed by atoms with van der Waals surface area (Å²) < 4.78 is 5.53. The van der Waals surface area contributed by atoms with Crippen molar-refractivity contribution in [2.75, 3.05) is 26.3 Å². The molecule has 20 heavy (non-hydrogen) atoms. The Morgan fingerprint density at radius 2 is 1.90 bits per heavy atom. The predicted octanol–water partition coefficient (Wildman–Crippen LogP) is 2.90. The van der Waals surface area contributed by atoms with Crippen molar-refractivity contribution in [1.82, 2.24) is 10.2 Å². The lowest BCUT2D eigenvalue weighted by Gasteiger charge is -2.49. The Labute approximate surface area is 125 Å². The van der Waals surface area contributed by atoms with Gasteiger partial charge in [0, 0.05) is 44.4 Å². The van der Waals surface area contributed by atoms with Gasteiger partial charge in [-0.25, -0.2) is 0 Å². The summed E-state index contributed by atoms with van der Waals surface area (Å²) in [6.45, 7) is 16.1. The predicted molar refractivity (Wildman–Crippen MR) is 85.0 cm³/mol. The quantitative estimate of drug-likeness (QED) is 0.861. The number of nitrogens with zero attached hydrogens (tertiary/aromatic N) is 1. The van der Waals surface area contributed by atoms with Crippen LogP contribution in [0.15, 0.2) is 0 Å². The molecule has 0 aliphatic carbocycles. The Hall–Kier alpha value is -0.120. The molecular weight excluding hydrogens is 248 g/mol.